The molecule has 1 aromatic carbocycles. The van der Waals surface area contributed by atoms with Gasteiger partial charge in [-0.05, 0) is 24.6 Å². The minimum Gasteiger partial charge on any atom is -0.493 e. The number of hydrogen-bond acceptors (Lipinski definition) is 4. The van der Waals surface area contributed by atoms with Crippen molar-refractivity contribution in [3.63, 3.8) is 0 Å². The molecule has 5 heteroatoms. The van der Waals surface area contributed by atoms with Crippen molar-refractivity contribution in [1.29, 1.82) is 0 Å². The minimum absolute atomic E-state index is 0.0343. The van der Waals surface area contributed by atoms with Crippen LogP contribution in [0.3, 0.4) is 0 Å². The zero-order chi connectivity index (χ0) is 14.3. The van der Waals surface area contributed by atoms with Gasteiger partial charge < -0.3 is 20.1 Å². The topological polar surface area (TPSA) is 59.6 Å². The summed E-state index contributed by atoms with van der Waals surface area (Å²) in [6.07, 6.45) is 0.466. The third kappa shape index (κ3) is 4.44. The van der Waals surface area contributed by atoms with E-state index in [9.17, 15) is 4.79 Å². The molecule has 1 rings (SSSR count). The van der Waals surface area contributed by atoms with Gasteiger partial charge in [0, 0.05) is 26.1 Å². The summed E-state index contributed by atoms with van der Waals surface area (Å²) < 4.78 is 10.5. The fraction of sp³-hybridized carbons (Fsp3) is 0.500. The summed E-state index contributed by atoms with van der Waals surface area (Å²) in [7, 11) is 4.87. The van der Waals surface area contributed by atoms with E-state index < -0.39 is 0 Å². The summed E-state index contributed by atoms with van der Waals surface area (Å²) in [4.78, 5) is 11.1. The van der Waals surface area contributed by atoms with Gasteiger partial charge in [-0.15, -0.1) is 0 Å². The van der Waals surface area contributed by atoms with Gasteiger partial charge in [-0.2, -0.15) is 0 Å². The zero-order valence-electron chi connectivity index (χ0n) is 11.9. The van der Waals surface area contributed by atoms with Crippen LogP contribution in [-0.2, 0) is 4.79 Å². The van der Waals surface area contributed by atoms with Gasteiger partial charge in [0.25, 0.3) is 0 Å². The summed E-state index contributed by atoms with van der Waals surface area (Å²) >= 11 is 0. The first-order valence-electron chi connectivity index (χ1n) is 6.28. The first-order chi connectivity index (χ1) is 9.12. The van der Waals surface area contributed by atoms with Gasteiger partial charge >= 0.3 is 0 Å². The van der Waals surface area contributed by atoms with Crippen molar-refractivity contribution in [2.24, 2.45) is 0 Å². The van der Waals surface area contributed by atoms with Crippen LogP contribution in [0.1, 0.15) is 24.9 Å². The second kappa shape index (κ2) is 7.63. The molecule has 0 fully saturated rings. The molecule has 5 nitrogen and oxygen atoms in total. The van der Waals surface area contributed by atoms with Crippen LogP contribution in [0.15, 0.2) is 18.2 Å². The van der Waals surface area contributed by atoms with E-state index in [1.54, 1.807) is 21.3 Å². The SMILES string of the molecule is CNC(=O)CCNC(C)c1ccc(OC)c(OC)c1. The maximum Gasteiger partial charge on any atom is 0.221 e. The van der Waals surface area contributed by atoms with E-state index in [2.05, 4.69) is 10.6 Å². The summed E-state index contributed by atoms with van der Waals surface area (Å²) in [5, 5.41) is 5.89. The lowest BCUT2D eigenvalue weighted by atomic mass is 10.1. The van der Waals surface area contributed by atoms with E-state index in [0.717, 1.165) is 5.56 Å². The smallest absolute Gasteiger partial charge is 0.221 e. The molecule has 0 aliphatic rings. The van der Waals surface area contributed by atoms with Crippen molar-refractivity contribution >= 4 is 5.91 Å². The predicted octanol–water partition coefficient (Wildman–Crippen LogP) is 1.49. The number of benzene rings is 1. The van der Waals surface area contributed by atoms with Crippen molar-refractivity contribution in [2.45, 2.75) is 19.4 Å². The van der Waals surface area contributed by atoms with Crippen molar-refractivity contribution in [3.8, 4) is 11.5 Å². The second-order valence-corrected chi connectivity index (χ2v) is 4.21. The molecule has 106 valence electrons. The first kappa shape index (κ1) is 15.3. The maximum absolute atomic E-state index is 11.1. The molecule has 0 spiro atoms. The number of carbonyl (C=O) groups is 1. The monoisotopic (exact) mass is 266 g/mol. The molecular weight excluding hydrogens is 244 g/mol. The Balaban J connectivity index is 2.61. The highest BCUT2D eigenvalue weighted by Crippen LogP contribution is 2.29. The number of amides is 1. The molecule has 19 heavy (non-hydrogen) atoms. The van der Waals surface area contributed by atoms with Crippen LogP contribution in [0.5, 0.6) is 11.5 Å². The number of ether oxygens (including phenoxy) is 2. The van der Waals surface area contributed by atoms with Gasteiger partial charge in [-0.1, -0.05) is 6.07 Å². The fourth-order valence-corrected chi connectivity index (χ4v) is 1.77. The highest BCUT2D eigenvalue weighted by Gasteiger charge is 2.10. The third-order valence-electron chi connectivity index (χ3n) is 2.99. The quantitative estimate of drug-likeness (QED) is 0.785. The van der Waals surface area contributed by atoms with Crippen LogP contribution in [0.4, 0.5) is 0 Å². The Morgan fingerprint density at radius 1 is 1.26 bits per heavy atom. The average molecular weight is 266 g/mol. The molecule has 1 amide bonds. The normalized spacial score (nSPS) is 11.8. The lowest BCUT2D eigenvalue weighted by molar-refractivity contribution is -0.120. The lowest BCUT2D eigenvalue weighted by Gasteiger charge is -2.16. The highest BCUT2D eigenvalue weighted by molar-refractivity contribution is 5.75. The number of hydrogen-bond donors (Lipinski definition) is 2. The van der Waals surface area contributed by atoms with E-state index in [1.165, 1.54) is 0 Å². The van der Waals surface area contributed by atoms with E-state index in [0.29, 0.717) is 24.5 Å². The van der Waals surface area contributed by atoms with Gasteiger partial charge in [0.05, 0.1) is 14.2 Å². The van der Waals surface area contributed by atoms with E-state index in [4.69, 9.17) is 9.47 Å². The van der Waals surface area contributed by atoms with Crippen LogP contribution in [0.25, 0.3) is 0 Å². The zero-order valence-corrected chi connectivity index (χ0v) is 11.9. The second-order valence-electron chi connectivity index (χ2n) is 4.21. The number of rotatable bonds is 7. The first-order valence-corrected chi connectivity index (χ1v) is 6.28. The highest BCUT2D eigenvalue weighted by atomic mass is 16.5. The molecule has 0 aliphatic heterocycles. The number of carbonyl (C=O) groups excluding carboxylic acids is 1. The van der Waals surface area contributed by atoms with Crippen LogP contribution in [0.2, 0.25) is 0 Å². The molecule has 0 radical (unpaired) electrons. The molecule has 1 aromatic rings. The van der Waals surface area contributed by atoms with E-state index in [1.807, 2.05) is 25.1 Å². The molecule has 0 saturated carbocycles. The van der Waals surface area contributed by atoms with Gasteiger partial charge in [-0.3, -0.25) is 4.79 Å². The Kier molecular flexibility index (Phi) is 6.15. The van der Waals surface area contributed by atoms with E-state index in [-0.39, 0.29) is 11.9 Å². The van der Waals surface area contributed by atoms with Crippen LogP contribution in [0, 0.1) is 0 Å². The number of nitrogens with one attached hydrogen (secondary N) is 2. The maximum atomic E-state index is 11.1. The molecule has 2 N–H and O–H groups in total. The summed E-state index contributed by atoms with van der Waals surface area (Å²) in [5.74, 6) is 1.45. The van der Waals surface area contributed by atoms with Crippen LogP contribution >= 0.6 is 0 Å². The van der Waals surface area contributed by atoms with Crippen molar-refractivity contribution in [2.75, 3.05) is 27.8 Å². The average Bonchev–Trinajstić information content (AvgIpc) is 2.45. The van der Waals surface area contributed by atoms with Crippen molar-refractivity contribution < 1.29 is 14.3 Å². The molecule has 0 heterocycles. The van der Waals surface area contributed by atoms with Gasteiger partial charge in [0.1, 0.15) is 0 Å². The minimum atomic E-state index is 0.0343. The van der Waals surface area contributed by atoms with Crippen molar-refractivity contribution in [1.82, 2.24) is 10.6 Å². The Morgan fingerprint density at radius 2 is 1.95 bits per heavy atom. The molecule has 1 atom stereocenters. The van der Waals surface area contributed by atoms with Gasteiger partial charge in [-0.25, -0.2) is 0 Å². The third-order valence-corrected chi connectivity index (χ3v) is 2.99. The molecular formula is C14H22N2O3. The number of methoxy groups -OCH3 is 2. The van der Waals surface area contributed by atoms with Crippen LogP contribution in [-0.4, -0.2) is 33.7 Å². The Bertz CT molecular complexity index is 421. The Labute approximate surface area is 114 Å². The molecule has 1 unspecified atom stereocenters. The predicted molar refractivity (Wildman–Crippen MR) is 74.6 cm³/mol. The van der Waals surface area contributed by atoms with E-state index >= 15 is 0 Å². The lowest BCUT2D eigenvalue weighted by Crippen LogP contribution is -2.26. The molecule has 0 saturated heterocycles. The molecule has 0 aliphatic carbocycles. The van der Waals surface area contributed by atoms with Crippen LogP contribution < -0.4 is 20.1 Å². The molecule has 0 aromatic heterocycles. The molecule has 0 bridgehead atoms. The van der Waals surface area contributed by atoms with Gasteiger partial charge in [0.2, 0.25) is 5.91 Å². The Morgan fingerprint density at radius 3 is 2.53 bits per heavy atom. The van der Waals surface area contributed by atoms with Crippen molar-refractivity contribution in [3.05, 3.63) is 23.8 Å². The Hall–Kier alpha value is -1.75. The summed E-state index contributed by atoms with van der Waals surface area (Å²) in [5.41, 5.74) is 1.09. The standard InChI is InChI=1S/C14H22N2O3/c1-10(16-8-7-14(17)15-2)11-5-6-12(18-3)13(9-11)19-4/h5-6,9-10,16H,7-8H2,1-4H3,(H,15,17). The fourth-order valence-electron chi connectivity index (χ4n) is 1.77. The van der Waals surface area contributed by atoms with Gasteiger partial charge in [0.15, 0.2) is 11.5 Å². The summed E-state index contributed by atoms with van der Waals surface area (Å²) in [6, 6.07) is 5.95. The summed E-state index contributed by atoms with van der Waals surface area (Å²) in [6.45, 7) is 2.68. The largest absolute Gasteiger partial charge is 0.493 e.